The molecule has 1 atom stereocenters. The van der Waals surface area contributed by atoms with Crippen molar-refractivity contribution in [1.82, 2.24) is 20.1 Å². The zero-order valence-corrected chi connectivity index (χ0v) is 12.5. The molecule has 1 fully saturated rings. The van der Waals surface area contributed by atoms with Gasteiger partial charge >= 0.3 is 0 Å². The van der Waals surface area contributed by atoms with Crippen molar-refractivity contribution in [3.8, 4) is 17.3 Å². The molecule has 6 nitrogen and oxygen atoms in total. The third-order valence-electron chi connectivity index (χ3n) is 4.17. The van der Waals surface area contributed by atoms with Gasteiger partial charge in [0.2, 0.25) is 11.7 Å². The lowest BCUT2D eigenvalue weighted by molar-refractivity contribution is 0.363. The van der Waals surface area contributed by atoms with Gasteiger partial charge in [-0.2, -0.15) is 4.98 Å². The number of rotatable bonds is 5. The van der Waals surface area contributed by atoms with Crippen molar-refractivity contribution in [2.24, 2.45) is 5.92 Å². The van der Waals surface area contributed by atoms with Gasteiger partial charge in [-0.1, -0.05) is 17.3 Å². The summed E-state index contributed by atoms with van der Waals surface area (Å²) in [4.78, 5) is 12.6. The molecule has 1 saturated carbocycles. The number of phenols is 1. The molecule has 2 heterocycles. The number of hydrogen-bond donors (Lipinski definition) is 1. The van der Waals surface area contributed by atoms with Gasteiger partial charge in [0.1, 0.15) is 11.4 Å². The molecule has 0 saturated heterocycles. The average molecular weight is 308 g/mol. The second-order valence-corrected chi connectivity index (χ2v) is 5.84. The number of aromatic hydroxyl groups is 1. The first kappa shape index (κ1) is 13.9. The maximum Gasteiger partial charge on any atom is 0.227 e. The van der Waals surface area contributed by atoms with E-state index in [9.17, 15) is 5.11 Å². The Kier molecular flexibility index (Phi) is 3.49. The topological polar surface area (TPSA) is 84.9 Å². The Balaban J connectivity index is 1.56. The highest BCUT2D eigenvalue weighted by molar-refractivity contribution is 5.45. The van der Waals surface area contributed by atoms with Crippen LogP contribution in [0.15, 0.2) is 47.4 Å². The molecule has 1 N–H and O–H groups in total. The average Bonchev–Trinajstić information content (AvgIpc) is 3.33. The van der Waals surface area contributed by atoms with Crippen LogP contribution in [0.1, 0.15) is 30.2 Å². The fourth-order valence-electron chi connectivity index (χ4n) is 2.82. The maximum atomic E-state index is 9.46. The summed E-state index contributed by atoms with van der Waals surface area (Å²) in [6.07, 6.45) is 7.97. The van der Waals surface area contributed by atoms with Crippen LogP contribution in [0.5, 0.6) is 5.75 Å². The first-order valence-corrected chi connectivity index (χ1v) is 7.67. The van der Waals surface area contributed by atoms with Crippen molar-refractivity contribution in [2.75, 3.05) is 0 Å². The van der Waals surface area contributed by atoms with Crippen molar-refractivity contribution in [1.29, 1.82) is 0 Å². The van der Waals surface area contributed by atoms with Gasteiger partial charge < -0.3 is 9.63 Å². The molecule has 23 heavy (non-hydrogen) atoms. The highest BCUT2D eigenvalue weighted by Gasteiger charge is 2.33. The number of nitrogens with zero attached hydrogens (tertiary/aromatic N) is 4. The largest absolute Gasteiger partial charge is 0.508 e. The van der Waals surface area contributed by atoms with Crippen molar-refractivity contribution >= 4 is 0 Å². The number of phenolic OH excluding ortho intramolecular Hbond substituents is 1. The van der Waals surface area contributed by atoms with E-state index in [1.807, 2.05) is 12.1 Å². The van der Waals surface area contributed by atoms with E-state index in [0.717, 1.165) is 0 Å². The molecule has 0 bridgehead atoms. The Morgan fingerprint density at radius 2 is 2.00 bits per heavy atom. The second kappa shape index (κ2) is 5.79. The lowest BCUT2D eigenvalue weighted by Gasteiger charge is -2.14. The van der Waals surface area contributed by atoms with E-state index in [4.69, 9.17) is 4.52 Å². The van der Waals surface area contributed by atoms with Crippen LogP contribution in [0.4, 0.5) is 0 Å². The minimum absolute atomic E-state index is 0.283. The van der Waals surface area contributed by atoms with Gasteiger partial charge in [0.25, 0.3) is 0 Å². The Morgan fingerprint density at radius 3 is 2.70 bits per heavy atom. The van der Waals surface area contributed by atoms with Gasteiger partial charge in [-0.3, -0.25) is 4.98 Å². The highest BCUT2D eigenvalue weighted by Crippen LogP contribution is 2.44. The molecule has 1 aliphatic carbocycles. The van der Waals surface area contributed by atoms with Crippen LogP contribution in [0.25, 0.3) is 11.5 Å². The van der Waals surface area contributed by atoms with Gasteiger partial charge in [-0.05, 0) is 42.4 Å². The number of aromatic nitrogens is 4. The van der Waals surface area contributed by atoms with E-state index in [2.05, 4.69) is 20.1 Å². The standard InChI is InChI=1S/C17H16N4O2/c22-13-5-3-12(4-6-13)14(11-1-2-11)9-16-20-17(21-23-16)15-10-18-7-8-19-15/h3-8,10-11,14,22H,1-2,9H2. The summed E-state index contributed by atoms with van der Waals surface area (Å²) in [6.45, 7) is 0. The Labute approximate surface area is 133 Å². The molecule has 3 aromatic rings. The zero-order valence-electron chi connectivity index (χ0n) is 12.5. The van der Waals surface area contributed by atoms with Crippen LogP contribution in [-0.4, -0.2) is 25.2 Å². The molecule has 6 heteroatoms. The van der Waals surface area contributed by atoms with Crippen LogP contribution in [0, 0.1) is 5.92 Å². The molecule has 116 valence electrons. The number of hydrogen-bond acceptors (Lipinski definition) is 6. The van der Waals surface area contributed by atoms with E-state index < -0.39 is 0 Å². The van der Waals surface area contributed by atoms with Gasteiger partial charge in [-0.25, -0.2) is 4.98 Å². The fourth-order valence-corrected chi connectivity index (χ4v) is 2.82. The van der Waals surface area contributed by atoms with Crippen molar-refractivity contribution in [3.63, 3.8) is 0 Å². The third kappa shape index (κ3) is 3.06. The molecule has 0 spiro atoms. The summed E-state index contributed by atoms with van der Waals surface area (Å²) < 4.78 is 5.39. The predicted octanol–water partition coefficient (Wildman–Crippen LogP) is 2.97. The molecule has 1 unspecified atom stereocenters. The summed E-state index contributed by atoms with van der Waals surface area (Å²) in [5.41, 5.74) is 1.81. The summed E-state index contributed by atoms with van der Waals surface area (Å²) >= 11 is 0. The molecule has 0 amide bonds. The van der Waals surface area contributed by atoms with Crippen LogP contribution in [0.3, 0.4) is 0 Å². The molecule has 4 rings (SSSR count). The molecule has 2 aromatic heterocycles. The molecule has 1 aromatic carbocycles. The van der Waals surface area contributed by atoms with Gasteiger partial charge in [0.15, 0.2) is 0 Å². The summed E-state index contributed by atoms with van der Waals surface area (Å²) in [5.74, 6) is 2.34. The van der Waals surface area contributed by atoms with Crippen LogP contribution in [-0.2, 0) is 6.42 Å². The second-order valence-electron chi connectivity index (χ2n) is 5.84. The fraction of sp³-hybridized carbons (Fsp3) is 0.294. The molecule has 0 aliphatic heterocycles. The van der Waals surface area contributed by atoms with E-state index in [-0.39, 0.29) is 5.75 Å². The van der Waals surface area contributed by atoms with Crippen LogP contribution < -0.4 is 0 Å². The minimum atomic E-state index is 0.283. The van der Waals surface area contributed by atoms with E-state index >= 15 is 0 Å². The van der Waals surface area contributed by atoms with Crippen molar-refractivity contribution < 1.29 is 9.63 Å². The first-order chi connectivity index (χ1) is 11.3. The van der Waals surface area contributed by atoms with Crippen LogP contribution >= 0.6 is 0 Å². The molecular weight excluding hydrogens is 292 g/mol. The first-order valence-electron chi connectivity index (χ1n) is 7.67. The predicted molar refractivity (Wildman–Crippen MR) is 82.6 cm³/mol. The van der Waals surface area contributed by atoms with Crippen molar-refractivity contribution in [2.45, 2.75) is 25.2 Å². The van der Waals surface area contributed by atoms with Crippen LogP contribution in [0.2, 0.25) is 0 Å². The quantitative estimate of drug-likeness (QED) is 0.780. The maximum absolute atomic E-state index is 9.46. The van der Waals surface area contributed by atoms with Gasteiger partial charge in [-0.15, -0.1) is 0 Å². The highest BCUT2D eigenvalue weighted by atomic mass is 16.5. The molecular formula is C17H16N4O2. The normalized spacial score (nSPS) is 15.5. The summed E-state index contributed by atoms with van der Waals surface area (Å²) in [7, 11) is 0. The van der Waals surface area contributed by atoms with E-state index in [1.165, 1.54) is 18.4 Å². The zero-order chi connectivity index (χ0) is 15.6. The van der Waals surface area contributed by atoms with Gasteiger partial charge in [0.05, 0.1) is 6.20 Å². The Morgan fingerprint density at radius 1 is 1.17 bits per heavy atom. The minimum Gasteiger partial charge on any atom is -0.508 e. The van der Waals surface area contributed by atoms with Crippen molar-refractivity contribution in [3.05, 3.63) is 54.3 Å². The Bertz CT molecular complexity index is 782. The third-order valence-corrected chi connectivity index (χ3v) is 4.17. The summed E-state index contributed by atoms with van der Waals surface area (Å²) in [5, 5.41) is 13.5. The monoisotopic (exact) mass is 308 g/mol. The Hall–Kier alpha value is -2.76. The van der Waals surface area contributed by atoms with Gasteiger partial charge in [0, 0.05) is 18.8 Å². The SMILES string of the molecule is Oc1ccc(C(Cc2nc(-c3cnccn3)no2)C2CC2)cc1. The lowest BCUT2D eigenvalue weighted by atomic mass is 9.91. The van der Waals surface area contributed by atoms with E-state index in [1.54, 1.807) is 30.7 Å². The lowest BCUT2D eigenvalue weighted by Crippen LogP contribution is -2.05. The molecule has 0 radical (unpaired) electrons. The molecule has 1 aliphatic rings. The summed E-state index contributed by atoms with van der Waals surface area (Å²) in [6, 6.07) is 7.39. The number of benzene rings is 1. The smallest absolute Gasteiger partial charge is 0.227 e. The van der Waals surface area contributed by atoms with E-state index in [0.29, 0.717) is 35.7 Å².